The van der Waals surface area contributed by atoms with E-state index in [0.717, 1.165) is 0 Å². The van der Waals surface area contributed by atoms with Crippen LogP contribution in [0.3, 0.4) is 0 Å². The fraction of sp³-hybridized carbons (Fsp3) is 0.222. The van der Waals surface area contributed by atoms with E-state index in [1.54, 1.807) is 0 Å². The van der Waals surface area contributed by atoms with Crippen molar-refractivity contribution < 1.29 is 19.8 Å². The molecule has 0 unspecified atom stereocenters. The Labute approximate surface area is 85.6 Å². The minimum absolute atomic E-state index is 0.268. The van der Waals surface area contributed by atoms with E-state index in [1.165, 1.54) is 24.5 Å². The lowest BCUT2D eigenvalue weighted by atomic mass is 10.2. The van der Waals surface area contributed by atoms with Gasteiger partial charge in [0.15, 0.2) is 0 Å². The summed E-state index contributed by atoms with van der Waals surface area (Å²) in [7, 11) is 0. The molecule has 0 aliphatic heterocycles. The van der Waals surface area contributed by atoms with E-state index in [0.29, 0.717) is 0 Å². The quantitative estimate of drug-likeness (QED) is 0.592. The van der Waals surface area contributed by atoms with Crippen LogP contribution in [0.25, 0.3) is 0 Å². The molecule has 1 aromatic rings. The van der Waals surface area contributed by atoms with E-state index in [1.807, 2.05) is 0 Å². The van der Waals surface area contributed by atoms with Gasteiger partial charge in [0.1, 0.15) is 0 Å². The summed E-state index contributed by atoms with van der Waals surface area (Å²) in [6, 6.07) is 1.46. The highest BCUT2D eigenvalue weighted by Gasteiger charge is 2.13. The van der Waals surface area contributed by atoms with Crippen molar-refractivity contribution >= 4 is 11.9 Å². The predicted molar refractivity (Wildman–Crippen MR) is 47.6 cm³/mol. The molecule has 1 atom stereocenters. The van der Waals surface area contributed by atoms with Crippen molar-refractivity contribution in [1.82, 2.24) is 10.3 Å². The van der Waals surface area contributed by atoms with Crippen LogP contribution in [0.5, 0.6) is 0 Å². The van der Waals surface area contributed by atoms with Gasteiger partial charge < -0.3 is 20.3 Å². The third-order valence-corrected chi connectivity index (χ3v) is 1.71. The number of aromatic nitrogens is 1. The van der Waals surface area contributed by atoms with Crippen LogP contribution >= 0.6 is 0 Å². The van der Waals surface area contributed by atoms with Crippen LogP contribution in [-0.4, -0.2) is 34.6 Å². The van der Waals surface area contributed by atoms with Gasteiger partial charge in [-0.05, 0) is 12.1 Å². The smallest absolute Gasteiger partial charge is 0.251 e. The van der Waals surface area contributed by atoms with Crippen LogP contribution in [0, 0.1) is 0 Å². The van der Waals surface area contributed by atoms with Crippen LogP contribution in [0.4, 0.5) is 0 Å². The molecule has 0 bridgehead atoms. The molecule has 1 heterocycles. The number of amides is 1. The molecule has 1 aromatic heterocycles. The van der Waals surface area contributed by atoms with E-state index in [-0.39, 0.29) is 5.56 Å². The number of rotatable bonds is 4. The third kappa shape index (κ3) is 3.03. The van der Waals surface area contributed by atoms with E-state index >= 15 is 0 Å². The fourth-order valence-corrected chi connectivity index (χ4v) is 0.924. The molecule has 1 amide bonds. The molecular formula is C9H9N2O4-. The van der Waals surface area contributed by atoms with Gasteiger partial charge in [0.2, 0.25) is 0 Å². The summed E-state index contributed by atoms with van der Waals surface area (Å²) in [6.07, 6.45) is 2.81. The number of nitrogens with one attached hydrogen (secondary N) is 1. The Balaban J connectivity index is 2.67. The lowest BCUT2D eigenvalue weighted by Gasteiger charge is -2.16. The Bertz CT molecular complexity index is 352. The number of carboxylic acid groups (broad SMARTS) is 1. The van der Waals surface area contributed by atoms with Crippen LogP contribution in [0.2, 0.25) is 0 Å². The maximum absolute atomic E-state index is 11.4. The molecule has 1 rings (SSSR count). The van der Waals surface area contributed by atoms with Gasteiger partial charge in [0, 0.05) is 18.0 Å². The molecule has 0 radical (unpaired) electrons. The number of aliphatic hydroxyl groups excluding tert-OH is 1. The minimum atomic E-state index is -1.53. The molecule has 2 N–H and O–H groups in total. The third-order valence-electron chi connectivity index (χ3n) is 1.71. The molecule has 0 aliphatic carbocycles. The normalized spacial score (nSPS) is 11.8. The largest absolute Gasteiger partial charge is 0.548 e. The first-order chi connectivity index (χ1) is 7.15. The lowest BCUT2D eigenvalue weighted by molar-refractivity contribution is -0.308. The number of carboxylic acids is 1. The molecule has 6 heteroatoms. The van der Waals surface area contributed by atoms with Crippen molar-refractivity contribution in [3.63, 3.8) is 0 Å². The van der Waals surface area contributed by atoms with Gasteiger partial charge in [-0.2, -0.15) is 0 Å². The van der Waals surface area contributed by atoms with Crippen molar-refractivity contribution in [3.05, 3.63) is 30.1 Å². The van der Waals surface area contributed by atoms with Crippen molar-refractivity contribution in [2.75, 3.05) is 6.61 Å². The fourth-order valence-electron chi connectivity index (χ4n) is 0.924. The zero-order valence-electron chi connectivity index (χ0n) is 7.71. The summed E-state index contributed by atoms with van der Waals surface area (Å²) in [5.41, 5.74) is 0.268. The van der Waals surface area contributed by atoms with E-state index in [2.05, 4.69) is 10.3 Å². The van der Waals surface area contributed by atoms with Gasteiger partial charge in [-0.1, -0.05) is 0 Å². The summed E-state index contributed by atoms with van der Waals surface area (Å²) >= 11 is 0. The van der Waals surface area contributed by atoms with Gasteiger partial charge in [-0.15, -0.1) is 0 Å². The first-order valence-electron chi connectivity index (χ1n) is 4.17. The molecule has 0 aliphatic rings. The van der Waals surface area contributed by atoms with Crippen LogP contribution in [0.15, 0.2) is 24.5 Å². The Morgan fingerprint density at radius 3 is 2.53 bits per heavy atom. The van der Waals surface area contributed by atoms with Crippen LogP contribution in [-0.2, 0) is 4.79 Å². The predicted octanol–water partition coefficient (Wildman–Crippen LogP) is -2.08. The Morgan fingerprint density at radius 2 is 2.07 bits per heavy atom. The Morgan fingerprint density at radius 1 is 1.47 bits per heavy atom. The second kappa shape index (κ2) is 5.06. The van der Waals surface area contributed by atoms with Crippen LogP contribution in [0.1, 0.15) is 10.4 Å². The maximum Gasteiger partial charge on any atom is 0.251 e. The average Bonchev–Trinajstić information content (AvgIpc) is 2.26. The van der Waals surface area contributed by atoms with E-state index < -0.39 is 24.5 Å². The molecule has 0 saturated carbocycles. The summed E-state index contributed by atoms with van der Waals surface area (Å²) in [5.74, 6) is -2.12. The van der Waals surface area contributed by atoms with Gasteiger partial charge in [-0.25, -0.2) is 0 Å². The average molecular weight is 209 g/mol. The number of nitrogens with zero attached hydrogens (tertiary/aromatic N) is 1. The van der Waals surface area contributed by atoms with Gasteiger partial charge >= 0.3 is 0 Å². The van der Waals surface area contributed by atoms with Crippen molar-refractivity contribution in [3.8, 4) is 0 Å². The van der Waals surface area contributed by atoms with Crippen molar-refractivity contribution in [1.29, 1.82) is 0 Å². The number of aliphatic hydroxyl groups is 1. The molecule has 0 aromatic carbocycles. The minimum Gasteiger partial charge on any atom is -0.548 e. The van der Waals surface area contributed by atoms with Gasteiger partial charge in [-0.3, -0.25) is 9.78 Å². The zero-order valence-corrected chi connectivity index (χ0v) is 7.71. The second-order valence-electron chi connectivity index (χ2n) is 2.76. The van der Waals surface area contributed by atoms with Gasteiger partial charge in [0.05, 0.1) is 18.6 Å². The number of hydrogen-bond acceptors (Lipinski definition) is 5. The van der Waals surface area contributed by atoms with E-state index in [4.69, 9.17) is 5.11 Å². The number of carbonyl (C=O) groups excluding carboxylic acids is 2. The highest BCUT2D eigenvalue weighted by atomic mass is 16.4. The molecular weight excluding hydrogens is 200 g/mol. The Hall–Kier alpha value is -1.95. The molecule has 0 fully saturated rings. The summed E-state index contributed by atoms with van der Waals surface area (Å²) in [6.45, 7) is -0.709. The number of hydrogen-bond donors (Lipinski definition) is 2. The highest BCUT2D eigenvalue weighted by molar-refractivity contribution is 5.96. The number of carbonyl (C=O) groups is 2. The lowest BCUT2D eigenvalue weighted by Crippen LogP contribution is -2.50. The highest BCUT2D eigenvalue weighted by Crippen LogP contribution is 1.96. The summed E-state index contributed by atoms with van der Waals surface area (Å²) in [4.78, 5) is 25.5. The maximum atomic E-state index is 11.4. The topological polar surface area (TPSA) is 102 Å². The first kappa shape index (κ1) is 11.1. The molecule has 0 spiro atoms. The van der Waals surface area contributed by atoms with E-state index in [9.17, 15) is 14.7 Å². The SMILES string of the molecule is O=C(N[C@H](CO)C(=O)[O-])c1ccncc1. The second-order valence-corrected chi connectivity index (χ2v) is 2.76. The van der Waals surface area contributed by atoms with Crippen LogP contribution < -0.4 is 10.4 Å². The summed E-state index contributed by atoms with van der Waals surface area (Å²) in [5, 5.41) is 21.1. The monoisotopic (exact) mass is 209 g/mol. The zero-order chi connectivity index (χ0) is 11.3. The Kier molecular flexibility index (Phi) is 3.75. The molecule has 6 nitrogen and oxygen atoms in total. The van der Waals surface area contributed by atoms with Gasteiger partial charge in [0.25, 0.3) is 5.91 Å². The number of aliphatic carboxylic acids is 1. The number of pyridine rings is 1. The molecule has 15 heavy (non-hydrogen) atoms. The first-order valence-corrected chi connectivity index (χ1v) is 4.17. The molecule has 80 valence electrons. The van der Waals surface area contributed by atoms with Crippen molar-refractivity contribution in [2.24, 2.45) is 0 Å². The summed E-state index contributed by atoms with van der Waals surface area (Å²) < 4.78 is 0. The molecule has 0 saturated heterocycles. The standard InChI is InChI=1S/C9H10N2O4/c12-5-7(9(14)15)11-8(13)6-1-3-10-4-2-6/h1-4,7,12H,5H2,(H,11,13)(H,14,15)/p-1/t7-/m1/s1. The van der Waals surface area contributed by atoms with Crippen molar-refractivity contribution in [2.45, 2.75) is 6.04 Å².